The van der Waals surface area contributed by atoms with E-state index in [-0.39, 0.29) is 22.4 Å². The summed E-state index contributed by atoms with van der Waals surface area (Å²) in [5, 5.41) is 13.5. The van der Waals surface area contributed by atoms with Gasteiger partial charge in [0.1, 0.15) is 0 Å². The van der Waals surface area contributed by atoms with E-state index in [1.807, 2.05) is 0 Å². The molecule has 0 aromatic heterocycles. The molecule has 0 heterocycles. The first kappa shape index (κ1) is 15.9. The standard InChI is InChI=1S/2CHO2.Nb/c2*2-1-3;/h2*(H,2,3);/q2*-1;+2. The molecule has 7 heavy (non-hydrogen) atoms. The molecule has 0 bridgehead atoms. The summed E-state index contributed by atoms with van der Waals surface area (Å²) in [6.07, 6.45) is 0. The van der Waals surface area contributed by atoms with Gasteiger partial charge >= 0.3 is 22.4 Å². The number of rotatable bonds is 0. The monoisotopic (exact) mass is 183 g/mol. The second-order valence-electron chi connectivity index (χ2n) is 0.183. The maximum atomic E-state index is 8.24. The van der Waals surface area contributed by atoms with Crippen LogP contribution in [0.25, 0.3) is 0 Å². The average Bonchev–Trinajstić information content (AvgIpc) is 1.39. The Kier molecular flexibility index (Phi) is 100. The predicted molar refractivity (Wildman–Crippen MR) is 16.6 cm³/mol. The van der Waals surface area contributed by atoms with Gasteiger partial charge in [0.05, 0.1) is 0 Å². The Morgan fingerprint density at radius 1 is 1.00 bits per heavy atom. The Morgan fingerprint density at radius 2 is 1.00 bits per heavy atom. The predicted octanol–water partition coefficient (Wildman–Crippen LogP) is -0.779. The Labute approximate surface area is 55.7 Å². The van der Waals surface area contributed by atoms with Gasteiger partial charge in [-0.05, 0) is 0 Å². The molecule has 0 rings (SSSR count). The summed E-state index contributed by atoms with van der Waals surface area (Å²) < 4.78 is 0. The Morgan fingerprint density at radius 3 is 1.00 bits per heavy atom. The topological polar surface area (TPSA) is 74.6 Å². The van der Waals surface area contributed by atoms with E-state index in [0.717, 1.165) is 0 Å². The van der Waals surface area contributed by atoms with Crippen molar-refractivity contribution in [2.45, 2.75) is 0 Å². The zero-order valence-electron chi connectivity index (χ0n) is 3.16. The van der Waals surface area contributed by atoms with E-state index < -0.39 is 0 Å². The molecular formula is C2H2NbO4. The van der Waals surface area contributed by atoms with Crippen molar-refractivity contribution in [2.24, 2.45) is 0 Å². The third kappa shape index (κ3) is 753. The molecular weight excluding hydrogens is 181 g/mol. The SMILES string of the molecule is O=[C-]O.O=[C-]O.[Nb+2]. The summed E-state index contributed by atoms with van der Waals surface area (Å²) in [5.41, 5.74) is 0. The molecule has 0 saturated heterocycles. The van der Waals surface area contributed by atoms with Crippen LogP contribution < -0.4 is 0 Å². The van der Waals surface area contributed by atoms with Crippen molar-refractivity contribution in [3.63, 3.8) is 0 Å². The van der Waals surface area contributed by atoms with Crippen LogP contribution in [-0.4, -0.2) is 23.2 Å². The van der Waals surface area contributed by atoms with Crippen LogP contribution in [0.5, 0.6) is 0 Å². The minimum atomic E-state index is 0. The number of hydrogen-bond acceptors (Lipinski definition) is 2. The summed E-state index contributed by atoms with van der Waals surface area (Å²) >= 11 is 0. The van der Waals surface area contributed by atoms with Crippen LogP contribution in [0.15, 0.2) is 0 Å². The molecule has 2 N–H and O–H groups in total. The van der Waals surface area contributed by atoms with Gasteiger partial charge in [-0.2, -0.15) is 0 Å². The van der Waals surface area contributed by atoms with Crippen LogP contribution >= 0.6 is 0 Å². The largest absolute Gasteiger partial charge is 2.00 e. The van der Waals surface area contributed by atoms with Gasteiger partial charge in [0.2, 0.25) is 0 Å². The van der Waals surface area contributed by atoms with Gasteiger partial charge in [-0.3, -0.25) is 0 Å². The second-order valence-corrected chi connectivity index (χ2v) is 0.183. The Balaban J connectivity index is -0.0000000400. The second kappa shape index (κ2) is 44.1. The van der Waals surface area contributed by atoms with Crippen molar-refractivity contribution in [2.75, 3.05) is 0 Å². The van der Waals surface area contributed by atoms with Gasteiger partial charge in [-0.1, -0.05) is 12.9 Å². The molecule has 0 spiro atoms. The van der Waals surface area contributed by atoms with E-state index in [1.165, 1.54) is 0 Å². The van der Waals surface area contributed by atoms with Gasteiger partial charge in [0.15, 0.2) is 0 Å². The van der Waals surface area contributed by atoms with Crippen molar-refractivity contribution >= 4 is 12.9 Å². The third-order valence-electron chi connectivity index (χ3n) is 0. The van der Waals surface area contributed by atoms with E-state index in [1.54, 1.807) is 0 Å². The fourth-order valence-corrected chi connectivity index (χ4v) is 0. The van der Waals surface area contributed by atoms with Gasteiger partial charge in [0, 0.05) is 0 Å². The van der Waals surface area contributed by atoms with Crippen LogP contribution in [0, 0.1) is 0 Å². The molecule has 0 aromatic rings. The van der Waals surface area contributed by atoms with Crippen LogP contribution in [0.4, 0.5) is 0 Å². The maximum absolute atomic E-state index is 8.24. The van der Waals surface area contributed by atoms with Gasteiger partial charge < -0.3 is 19.8 Å². The molecule has 0 saturated carbocycles. The fraction of sp³-hybridized carbons (Fsp3) is 0. The first-order valence-electron chi connectivity index (χ1n) is 0.855. The third-order valence-corrected chi connectivity index (χ3v) is 0. The van der Waals surface area contributed by atoms with E-state index in [9.17, 15) is 0 Å². The molecule has 4 nitrogen and oxygen atoms in total. The summed E-state index contributed by atoms with van der Waals surface area (Å²) in [6, 6.07) is 0. The molecule has 0 atom stereocenters. The van der Waals surface area contributed by atoms with Crippen molar-refractivity contribution in [1.82, 2.24) is 0 Å². The zero-order chi connectivity index (χ0) is 5.41. The molecule has 0 unspecified atom stereocenters. The van der Waals surface area contributed by atoms with Crippen molar-refractivity contribution in [3.05, 3.63) is 0 Å². The van der Waals surface area contributed by atoms with Crippen LogP contribution in [-0.2, 0) is 32.0 Å². The van der Waals surface area contributed by atoms with Crippen LogP contribution in [0.3, 0.4) is 0 Å². The molecule has 1 radical (unpaired) electrons. The Hall–Kier alpha value is -0.320. The zero-order valence-corrected chi connectivity index (χ0v) is 5.36. The fourth-order valence-electron chi connectivity index (χ4n) is 0. The first-order valence-corrected chi connectivity index (χ1v) is 0.855. The Bertz CT molecular complexity index is 30.7. The van der Waals surface area contributed by atoms with Gasteiger partial charge in [0.25, 0.3) is 0 Å². The van der Waals surface area contributed by atoms with Gasteiger partial charge in [-0.15, -0.1) is 0 Å². The van der Waals surface area contributed by atoms with Crippen molar-refractivity contribution < 1.29 is 42.2 Å². The van der Waals surface area contributed by atoms with Crippen LogP contribution in [0.1, 0.15) is 0 Å². The molecule has 0 amide bonds. The van der Waals surface area contributed by atoms with Crippen LogP contribution in [0.2, 0.25) is 0 Å². The molecule has 39 valence electrons. The smallest absolute Gasteiger partial charge is 0.665 e. The van der Waals surface area contributed by atoms with E-state index >= 15 is 0 Å². The quantitative estimate of drug-likeness (QED) is 0.381. The van der Waals surface area contributed by atoms with E-state index in [4.69, 9.17) is 19.8 Å². The summed E-state index contributed by atoms with van der Waals surface area (Å²) in [4.78, 5) is 16.5. The number of aliphatic hydroxyl groups excluding tert-OH is 2. The molecule has 0 aliphatic heterocycles. The average molecular weight is 183 g/mol. The van der Waals surface area contributed by atoms with Crippen molar-refractivity contribution in [3.8, 4) is 0 Å². The first-order chi connectivity index (χ1) is 2.83. The minimum absolute atomic E-state index is 0. The van der Waals surface area contributed by atoms with E-state index in [2.05, 4.69) is 0 Å². The summed E-state index contributed by atoms with van der Waals surface area (Å²) in [6.45, 7) is 1.00. The minimum Gasteiger partial charge on any atom is -0.665 e. The normalized spacial score (nSPS) is 3.43. The maximum Gasteiger partial charge on any atom is 2.00 e. The van der Waals surface area contributed by atoms with Gasteiger partial charge in [-0.25, -0.2) is 0 Å². The molecule has 0 fully saturated rings. The summed E-state index contributed by atoms with van der Waals surface area (Å²) in [7, 11) is 0. The van der Waals surface area contributed by atoms with E-state index in [0.29, 0.717) is 12.9 Å². The molecule has 0 aromatic carbocycles. The summed E-state index contributed by atoms with van der Waals surface area (Å²) in [5.74, 6) is 0. The molecule has 0 aliphatic carbocycles. The number of hydrogen-bond donors (Lipinski definition) is 2. The van der Waals surface area contributed by atoms with Crippen molar-refractivity contribution in [1.29, 1.82) is 0 Å². The molecule has 0 aliphatic rings. The molecule has 5 heteroatoms.